The first kappa shape index (κ1) is 23.8. The number of fused-ring (bicyclic) bond motifs is 1. The van der Waals surface area contributed by atoms with Crippen molar-refractivity contribution in [3.8, 4) is 23.3 Å². The summed E-state index contributed by atoms with van der Waals surface area (Å²) in [7, 11) is 0. The number of likely N-dealkylation sites (tertiary alicyclic amines) is 1. The smallest absolute Gasteiger partial charge is 0.150 e. The van der Waals surface area contributed by atoms with Gasteiger partial charge in [0.15, 0.2) is 0 Å². The topological polar surface area (TPSA) is 65.7 Å². The summed E-state index contributed by atoms with van der Waals surface area (Å²) in [4.78, 5) is 2.17. The molecule has 0 amide bonds. The molecule has 184 valence electrons. The molecule has 1 fully saturated rings. The molecule has 0 saturated carbocycles. The first-order valence-electron chi connectivity index (χ1n) is 11.9. The molecule has 36 heavy (non-hydrogen) atoms. The Kier molecular flexibility index (Phi) is 6.62. The van der Waals surface area contributed by atoms with Crippen LogP contribution in [0.2, 0.25) is 0 Å². The minimum absolute atomic E-state index is 0.115. The zero-order chi connectivity index (χ0) is 25.2. The number of hydrogen-bond donors (Lipinski definition) is 1. The number of benzene rings is 3. The van der Waals surface area contributed by atoms with Crippen LogP contribution in [0.1, 0.15) is 35.3 Å². The first-order valence-corrected chi connectivity index (χ1v) is 11.9. The van der Waals surface area contributed by atoms with Gasteiger partial charge in [0, 0.05) is 42.8 Å². The van der Waals surface area contributed by atoms with Crippen molar-refractivity contribution in [2.24, 2.45) is 5.92 Å². The van der Waals surface area contributed by atoms with Crippen LogP contribution in [0.3, 0.4) is 0 Å². The second-order valence-corrected chi connectivity index (χ2v) is 9.22. The molecule has 0 radical (unpaired) electrons. The Bertz CT molecular complexity index is 1320. The second kappa shape index (κ2) is 10.00. The van der Waals surface area contributed by atoms with Gasteiger partial charge in [-0.2, -0.15) is 5.26 Å². The minimum Gasteiger partial charge on any atom is -0.507 e. The van der Waals surface area contributed by atoms with Crippen molar-refractivity contribution in [1.29, 1.82) is 5.26 Å². The van der Waals surface area contributed by atoms with Crippen LogP contribution in [0.4, 0.5) is 8.78 Å². The van der Waals surface area contributed by atoms with E-state index in [9.17, 15) is 19.1 Å². The summed E-state index contributed by atoms with van der Waals surface area (Å²) in [5, 5.41) is 19.6. The van der Waals surface area contributed by atoms with E-state index in [-0.39, 0.29) is 29.7 Å². The predicted octanol–water partition coefficient (Wildman–Crippen LogP) is 5.75. The first-order chi connectivity index (χ1) is 17.5. The Balaban J connectivity index is 1.41. The Hall–Kier alpha value is -3.89. The average molecular weight is 489 g/mol. The maximum atomic E-state index is 13.7. The van der Waals surface area contributed by atoms with Crippen LogP contribution in [0.25, 0.3) is 11.1 Å². The third kappa shape index (κ3) is 4.65. The molecule has 0 bridgehead atoms. The van der Waals surface area contributed by atoms with Gasteiger partial charge >= 0.3 is 0 Å². The van der Waals surface area contributed by atoms with Gasteiger partial charge in [0.25, 0.3) is 0 Å². The van der Waals surface area contributed by atoms with E-state index in [0.29, 0.717) is 17.9 Å². The van der Waals surface area contributed by atoms with Crippen molar-refractivity contribution in [3.05, 3.63) is 88.7 Å². The molecule has 2 heterocycles. The predicted molar refractivity (Wildman–Crippen MR) is 133 cm³/mol. The molecule has 5 rings (SSSR count). The SMILES string of the molecule is CC1=C(c2ccc(F)cc2)[C@@H](c2ccc(OCCN3CC(CF)C3)cc2)Oc2cc(C#N)c(O)cc21. The Morgan fingerprint density at radius 2 is 1.83 bits per heavy atom. The molecule has 3 aromatic rings. The molecule has 0 spiro atoms. The fourth-order valence-electron chi connectivity index (χ4n) is 4.80. The number of nitriles is 1. The summed E-state index contributed by atoms with van der Waals surface area (Å²) in [6, 6.07) is 18.9. The molecule has 1 N–H and O–H groups in total. The summed E-state index contributed by atoms with van der Waals surface area (Å²) in [6.45, 7) is 4.50. The van der Waals surface area contributed by atoms with E-state index >= 15 is 0 Å². The van der Waals surface area contributed by atoms with Crippen LogP contribution in [0.15, 0.2) is 60.7 Å². The highest BCUT2D eigenvalue weighted by molar-refractivity contribution is 5.96. The number of nitrogens with zero attached hydrogens (tertiary/aromatic N) is 2. The van der Waals surface area contributed by atoms with Crippen molar-refractivity contribution in [2.45, 2.75) is 13.0 Å². The van der Waals surface area contributed by atoms with E-state index in [1.54, 1.807) is 18.2 Å². The molecule has 2 aliphatic heterocycles. The van der Waals surface area contributed by atoms with Crippen LogP contribution < -0.4 is 9.47 Å². The summed E-state index contributed by atoms with van der Waals surface area (Å²) < 4.78 is 38.5. The zero-order valence-electron chi connectivity index (χ0n) is 19.9. The summed E-state index contributed by atoms with van der Waals surface area (Å²) in [6.07, 6.45) is -0.508. The summed E-state index contributed by atoms with van der Waals surface area (Å²) in [5.41, 5.74) is 4.20. The summed E-state index contributed by atoms with van der Waals surface area (Å²) >= 11 is 0. The molecule has 7 heteroatoms. The lowest BCUT2D eigenvalue weighted by Gasteiger charge is -2.37. The number of allylic oxidation sites excluding steroid dienone is 1. The summed E-state index contributed by atoms with van der Waals surface area (Å²) in [5.74, 6) is 0.931. The molecular formula is C29H26F2N2O3. The number of phenolic OH excluding ortho intramolecular Hbond substituents is 1. The standard InChI is InChI=1S/C29H26F2N2O3/c1-18-25-13-26(34)22(15-32)12-27(25)36-29(28(18)20-2-6-23(31)7-3-20)21-4-8-24(9-5-21)35-11-10-33-16-19(14-30)17-33/h2-9,12-13,19,29,34H,10-11,14,16-17H2,1H3/t29-/m1/s1. The normalized spacial score (nSPS) is 17.7. The molecule has 5 nitrogen and oxygen atoms in total. The third-order valence-electron chi connectivity index (χ3n) is 6.80. The van der Waals surface area contributed by atoms with E-state index in [0.717, 1.165) is 47.7 Å². The van der Waals surface area contributed by atoms with Crippen molar-refractivity contribution in [2.75, 3.05) is 32.9 Å². The average Bonchev–Trinajstić information content (AvgIpc) is 2.86. The van der Waals surface area contributed by atoms with Gasteiger partial charge in [-0.1, -0.05) is 24.3 Å². The van der Waals surface area contributed by atoms with E-state index in [1.165, 1.54) is 18.2 Å². The van der Waals surface area contributed by atoms with Crippen molar-refractivity contribution < 1.29 is 23.4 Å². The van der Waals surface area contributed by atoms with Crippen molar-refractivity contribution >= 4 is 11.1 Å². The second-order valence-electron chi connectivity index (χ2n) is 9.22. The highest BCUT2D eigenvalue weighted by Crippen LogP contribution is 2.48. The number of ether oxygens (including phenoxy) is 2. The maximum absolute atomic E-state index is 13.7. The molecule has 3 aromatic carbocycles. The lowest BCUT2D eigenvalue weighted by Crippen LogP contribution is -2.49. The van der Waals surface area contributed by atoms with Crippen LogP contribution in [-0.4, -0.2) is 42.9 Å². The van der Waals surface area contributed by atoms with E-state index in [2.05, 4.69) is 4.90 Å². The Morgan fingerprint density at radius 3 is 2.50 bits per heavy atom. The number of alkyl halides is 1. The zero-order valence-corrected chi connectivity index (χ0v) is 19.9. The van der Waals surface area contributed by atoms with Gasteiger partial charge in [0.05, 0.1) is 12.2 Å². The van der Waals surface area contributed by atoms with Gasteiger partial charge in [0.1, 0.15) is 41.8 Å². The maximum Gasteiger partial charge on any atom is 0.150 e. The number of hydrogen-bond acceptors (Lipinski definition) is 5. The van der Waals surface area contributed by atoms with Gasteiger partial charge in [0.2, 0.25) is 0 Å². The third-order valence-corrected chi connectivity index (χ3v) is 6.80. The molecular weight excluding hydrogens is 462 g/mol. The van der Waals surface area contributed by atoms with E-state index in [1.807, 2.05) is 37.3 Å². The lowest BCUT2D eigenvalue weighted by molar-refractivity contribution is 0.0668. The fraction of sp³-hybridized carbons (Fsp3) is 0.276. The van der Waals surface area contributed by atoms with Crippen LogP contribution in [0, 0.1) is 23.1 Å². The van der Waals surface area contributed by atoms with E-state index < -0.39 is 6.10 Å². The quantitative estimate of drug-likeness (QED) is 0.459. The number of halogens is 2. The molecule has 0 aliphatic carbocycles. The van der Waals surface area contributed by atoms with E-state index in [4.69, 9.17) is 9.47 Å². The largest absolute Gasteiger partial charge is 0.507 e. The Morgan fingerprint density at radius 1 is 1.11 bits per heavy atom. The van der Waals surface area contributed by atoms with Gasteiger partial charge in [-0.3, -0.25) is 9.29 Å². The highest BCUT2D eigenvalue weighted by atomic mass is 19.1. The van der Waals surface area contributed by atoms with Crippen molar-refractivity contribution in [3.63, 3.8) is 0 Å². The number of rotatable bonds is 7. The van der Waals surface area contributed by atoms with Crippen molar-refractivity contribution in [1.82, 2.24) is 4.90 Å². The van der Waals surface area contributed by atoms with Crippen LogP contribution in [-0.2, 0) is 0 Å². The molecule has 0 unspecified atom stereocenters. The molecule has 1 saturated heterocycles. The van der Waals surface area contributed by atoms with Gasteiger partial charge in [-0.25, -0.2) is 4.39 Å². The van der Waals surface area contributed by atoms with Crippen LogP contribution >= 0.6 is 0 Å². The van der Waals surface area contributed by atoms with Crippen LogP contribution in [0.5, 0.6) is 17.2 Å². The monoisotopic (exact) mass is 488 g/mol. The minimum atomic E-state index is -0.508. The molecule has 1 atom stereocenters. The molecule has 2 aliphatic rings. The van der Waals surface area contributed by atoms with Gasteiger partial charge in [-0.15, -0.1) is 0 Å². The number of phenols is 1. The lowest BCUT2D eigenvalue weighted by atomic mass is 9.85. The fourth-order valence-corrected chi connectivity index (χ4v) is 4.80. The van der Waals surface area contributed by atoms with Gasteiger partial charge in [-0.05, 0) is 54.0 Å². The highest BCUT2D eigenvalue weighted by Gasteiger charge is 2.30. The van der Waals surface area contributed by atoms with Gasteiger partial charge < -0.3 is 14.6 Å². The molecule has 0 aromatic heterocycles. The number of aromatic hydroxyl groups is 1. The Labute approximate surface area is 208 Å².